The molecule has 1 aromatic heterocycles. The average Bonchev–Trinajstić information content (AvgIpc) is 3.50. The molecule has 3 aliphatic rings. The first-order chi connectivity index (χ1) is 15.2. The van der Waals surface area contributed by atoms with E-state index in [2.05, 4.69) is 26.5 Å². The number of aromatic nitrogens is 2. The largest absolute Gasteiger partial charge is 0.454 e. The number of fused-ring (bicyclic) bond motifs is 1. The number of nitrogens with zero attached hydrogens (tertiary/aromatic N) is 4. The number of ether oxygens (including phenoxy) is 3. The van der Waals surface area contributed by atoms with Crippen molar-refractivity contribution in [3.8, 4) is 11.5 Å². The molecule has 0 saturated carbocycles. The second-order valence-electron chi connectivity index (χ2n) is 7.70. The van der Waals surface area contributed by atoms with Crippen molar-refractivity contribution in [2.45, 2.75) is 19.4 Å². The van der Waals surface area contributed by atoms with Crippen LogP contribution >= 0.6 is 12.2 Å². The van der Waals surface area contributed by atoms with Crippen molar-refractivity contribution in [1.82, 2.24) is 15.3 Å². The van der Waals surface area contributed by atoms with Crippen LogP contribution in [0.15, 0.2) is 24.3 Å². The van der Waals surface area contributed by atoms with Gasteiger partial charge in [-0.15, -0.1) is 0 Å². The molecule has 1 aromatic carbocycles. The fraction of sp³-hybridized carbons (Fsp3) is 0.476. The number of benzene rings is 1. The van der Waals surface area contributed by atoms with Crippen LogP contribution in [0.25, 0.3) is 0 Å². The molecule has 2 N–H and O–H groups in total. The van der Waals surface area contributed by atoms with Crippen LogP contribution in [-0.2, 0) is 11.3 Å². The first-order valence-corrected chi connectivity index (χ1v) is 11.1. The van der Waals surface area contributed by atoms with Crippen molar-refractivity contribution in [2.75, 3.05) is 61.3 Å². The summed E-state index contributed by atoms with van der Waals surface area (Å²) < 4.78 is 16.3. The van der Waals surface area contributed by atoms with E-state index < -0.39 is 0 Å². The minimum atomic E-state index is 0.266. The van der Waals surface area contributed by atoms with Gasteiger partial charge in [0.2, 0.25) is 12.7 Å². The summed E-state index contributed by atoms with van der Waals surface area (Å²) in [6, 6.07) is 7.93. The van der Waals surface area contributed by atoms with Crippen molar-refractivity contribution >= 4 is 34.9 Å². The highest BCUT2D eigenvalue weighted by Gasteiger charge is 2.20. The maximum Gasteiger partial charge on any atom is 0.232 e. The van der Waals surface area contributed by atoms with Gasteiger partial charge in [0.25, 0.3) is 0 Å². The van der Waals surface area contributed by atoms with Crippen LogP contribution in [0, 0.1) is 0 Å². The molecule has 31 heavy (non-hydrogen) atoms. The van der Waals surface area contributed by atoms with Crippen LogP contribution < -0.4 is 29.9 Å². The number of rotatable bonds is 5. The van der Waals surface area contributed by atoms with Gasteiger partial charge in [0.05, 0.1) is 13.2 Å². The minimum Gasteiger partial charge on any atom is -0.454 e. The summed E-state index contributed by atoms with van der Waals surface area (Å²) in [5.74, 6) is 3.88. The second kappa shape index (κ2) is 9.11. The number of nitrogens with one attached hydrogen (secondary N) is 2. The fourth-order valence-corrected chi connectivity index (χ4v) is 4.08. The van der Waals surface area contributed by atoms with Crippen molar-refractivity contribution in [1.29, 1.82) is 0 Å². The van der Waals surface area contributed by atoms with Crippen LogP contribution in [0.4, 0.5) is 17.6 Å². The third kappa shape index (κ3) is 4.75. The SMILES string of the molecule is S=C(NCc1ccc2c(c1)OCO2)Nc1nc(N2CCCC2)cc(N2CCOCC2)n1. The summed E-state index contributed by atoms with van der Waals surface area (Å²) >= 11 is 5.51. The predicted octanol–water partition coefficient (Wildman–Crippen LogP) is 2.13. The molecule has 0 unspecified atom stereocenters. The van der Waals surface area contributed by atoms with Gasteiger partial charge in [-0.05, 0) is 42.8 Å². The molecule has 2 saturated heterocycles. The molecule has 0 aliphatic carbocycles. The zero-order valence-corrected chi connectivity index (χ0v) is 18.1. The third-order valence-electron chi connectivity index (χ3n) is 5.58. The average molecular weight is 443 g/mol. The maximum atomic E-state index is 5.51. The Morgan fingerprint density at radius 1 is 0.935 bits per heavy atom. The van der Waals surface area contributed by atoms with E-state index in [1.165, 1.54) is 12.8 Å². The minimum absolute atomic E-state index is 0.266. The fourth-order valence-electron chi connectivity index (χ4n) is 3.92. The van der Waals surface area contributed by atoms with Gasteiger partial charge in [-0.3, -0.25) is 0 Å². The summed E-state index contributed by atoms with van der Waals surface area (Å²) in [6.07, 6.45) is 2.38. The highest BCUT2D eigenvalue weighted by molar-refractivity contribution is 7.80. The number of anilines is 3. The normalized spacial score (nSPS) is 17.7. The maximum absolute atomic E-state index is 5.51. The Bertz CT molecular complexity index is 947. The van der Waals surface area contributed by atoms with Gasteiger partial charge in [0.1, 0.15) is 11.6 Å². The van der Waals surface area contributed by atoms with Crippen molar-refractivity contribution < 1.29 is 14.2 Å². The lowest BCUT2D eigenvalue weighted by molar-refractivity contribution is 0.122. The molecular formula is C21H26N6O3S. The highest BCUT2D eigenvalue weighted by atomic mass is 32.1. The quantitative estimate of drug-likeness (QED) is 0.672. The Morgan fingerprint density at radius 3 is 2.42 bits per heavy atom. The van der Waals surface area contributed by atoms with E-state index in [4.69, 9.17) is 36.4 Å². The number of thiocarbonyl (C=S) groups is 1. The molecule has 3 aliphatic heterocycles. The van der Waals surface area contributed by atoms with E-state index in [0.29, 0.717) is 30.8 Å². The number of hydrogen-bond donors (Lipinski definition) is 2. The Hall–Kier alpha value is -2.85. The molecule has 4 heterocycles. The summed E-state index contributed by atoms with van der Waals surface area (Å²) in [6.45, 7) is 5.93. The number of hydrogen-bond acceptors (Lipinski definition) is 8. The zero-order valence-electron chi connectivity index (χ0n) is 17.3. The van der Waals surface area contributed by atoms with E-state index in [9.17, 15) is 0 Å². The third-order valence-corrected chi connectivity index (χ3v) is 5.83. The summed E-state index contributed by atoms with van der Waals surface area (Å²) in [7, 11) is 0. The lowest BCUT2D eigenvalue weighted by Gasteiger charge is -2.29. The first kappa shape index (κ1) is 20.1. The van der Waals surface area contributed by atoms with Gasteiger partial charge >= 0.3 is 0 Å². The molecular weight excluding hydrogens is 416 g/mol. The molecule has 0 atom stereocenters. The summed E-state index contributed by atoms with van der Waals surface area (Å²) in [4.78, 5) is 14.0. The Kier molecular flexibility index (Phi) is 5.90. The van der Waals surface area contributed by atoms with Crippen LogP contribution in [0.3, 0.4) is 0 Å². The van der Waals surface area contributed by atoms with Crippen molar-refractivity contribution in [3.05, 3.63) is 29.8 Å². The van der Waals surface area contributed by atoms with Gasteiger partial charge in [0, 0.05) is 38.8 Å². The van der Waals surface area contributed by atoms with Crippen LogP contribution in [0.5, 0.6) is 11.5 Å². The predicted molar refractivity (Wildman–Crippen MR) is 122 cm³/mol. The molecule has 2 aromatic rings. The Morgan fingerprint density at radius 2 is 1.65 bits per heavy atom. The molecule has 0 radical (unpaired) electrons. The monoisotopic (exact) mass is 442 g/mol. The molecule has 0 amide bonds. The molecule has 2 fully saturated rings. The van der Waals surface area contributed by atoms with Gasteiger partial charge in [-0.25, -0.2) is 0 Å². The van der Waals surface area contributed by atoms with Gasteiger partial charge in [-0.1, -0.05) is 6.07 Å². The van der Waals surface area contributed by atoms with Gasteiger partial charge < -0.3 is 34.6 Å². The van der Waals surface area contributed by atoms with E-state index in [1.807, 2.05) is 18.2 Å². The highest BCUT2D eigenvalue weighted by Crippen LogP contribution is 2.32. The Balaban J connectivity index is 1.27. The number of morpholine rings is 1. The molecule has 0 bridgehead atoms. The summed E-state index contributed by atoms with van der Waals surface area (Å²) in [5.41, 5.74) is 1.05. The van der Waals surface area contributed by atoms with Gasteiger partial charge in [0.15, 0.2) is 16.6 Å². The molecule has 0 spiro atoms. The van der Waals surface area contributed by atoms with Crippen LogP contribution in [0.1, 0.15) is 18.4 Å². The van der Waals surface area contributed by atoms with Crippen LogP contribution in [0.2, 0.25) is 0 Å². The van der Waals surface area contributed by atoms with Crippen molar-refractivity contribution in [3.63, 3.8) is 0 Å². The lowest BCUT2D eigenvalue weighted by Crippen LogP contribution is -2.37. The van der Waals surface area contributed by atoms with E-state index >= 15 is 0 Å². The molecule has 5 rings (SSSR count). The molecule has 9 nitrogen and oxygen atoms in total. The van der Waals surface area contributed by atoms with Gasteiger partial charge in [-0.2, -0.15) is 9.97 Å². The molecule has 164 valence electrons. The first-order valence-electron chi connectivity index (χ1n) is 10.6. The second-order valence-corrected chi connectivity index (χ2v) is 8.11. The lowest BCUT2D eigenvalue weighted by atomic mass is 10.2. The van der Waals surface area contributed by atoms with E-state index in [0.717, 1.165) is 54.9 Å². The molecule has 10 heteroatoms. The van der Waals surface area contributed by atoms with E-state index in [1.54, 1.807) is 0 Å². The zero-order chi connectivity index (χ0) is 21.0. The topological polar surface area (TPSA) is 84.0 Å². The van der Waals surface area contributed by atoms with Crippen LogP contribution in [-0.4, -0.2) is 61.3 Å². The summed E-state index contributed by atoms with van der Waals surface area (Å²) in [5, 5.41) is 6.86. The van der Waals surface area contributed by atoms with E-state index in [-0.39, 0.29) is 6.79 Å². The Labute approximate surface area is 186 Å². The van der Waals surface area contributed by atoms with Crippen molar-refractivity contribution in [2.24, 2.45) is 0 Å². The standard InChI is InChI=1S/C21H26N6O3S/c31-21(22-13-15-3-4-16-17(11-15)30-14-29-16)25-20-23-18(26-5-1-2-6-26)12-19(24-20)27-7-9-28-10-8-27/h3-4,11-12H,1-2,5-10,13-14H2,(H2,22,23,24,25,31). The smallest absolute Gasteiger partial charge is 0.232 e.